The van der Waals surface area contributed by atoms with Crippen molar-refractivity contribution in [1.82, 2.24) is 14.8 Å². The molecule has 40 heavy (non-hydrogen) atoms. The van der Waals surface area contributed by atoms with Gasteiger partial charge < -0.3 is 34.0 Å². The molecule has 0 bridgehead atoms. The minimum Gasteiger partial charge on any atom is -0.507 e. The molecule has 216 valence electrons. The normalized spacial score (nSPS) is 23.2. The number of amides is 2. The fraction of sp³-hybridized carbons (Fsp3) is 0.536. The zero-order valence-corrected chi connectivity index (χ0v) is 24.0. The van der Waals surface area contributed by atoms with Crippen LogP contribution in [0.4, 0.5) is 15.0 Å². The molecular weight excluding hydrogens is 543 g/mol. The van der Waals surface area contributed by atoms with E-state index in [4.69, 9.17) is 30.8 Å². The molecule has 2 saturated heterocycles. The second kappa shape index (κ2) is 10.6. The predicted molar refractivity (Wildman–Crippen MR) is 147 cm³/mol. The van der Waals surface area contributed by atoms with E-state index in [0.29, 0.717) is 13.1 Å². The van der Waals surface area contributed by atoms with Gasteiger partial charge in [0.1, 0.15) is 45.9 Å². The number of aromatic nitrogens is 1. The van der Waals surface area contributed by atoms with Gasteiger partial charge in [-0.1, -0.05) is 17.7 Å². The third-order valence-electron chi connectivity index (χ3n) is 7.05. The summed E-state index contributed by atoms with van der Waals surface area (Å²) in [5.74, 6) is -1.05. The molecule has 3 atom stereocenters. The molecule has 1 aromatic heterocycles. The first-order valence-electron chi connectivity index (χ1n) is 13.4. The zero-order valence-electron chi connectivity index (χ0n) is 23.2. The first-order chi connectivity index (χ1) is 18.8. The number of hydrogen-bond donors (Lipinski definition) is 1. The molecule has 0 saturated carbocycles. The summed E-state index contributed by atoms with van der Waals surface area (Å²) in [5.41, 5.74) is -0.699. The Balaban J connectivity index is 1.59. The number of anilines is 1. The van der Waals surface area contributed by atoms with Crippen LogP contribution < -0.4 is 9.64 Å². The first-order valence-corrected chi connectivity index (χ1v) is 13.7. The van der Waals surface area contributed by atoms with Crippen LogP contribution in [0.5, 0.6) is 11.5 Å². The Bertz CT molecular complexity index is 1300. The fourth-order valence-corrected chi connectivity index (χ4v) is 5.72. The first kappa shape index (κ1) is 28.2. The second-order valence-electron chi connectivity index (χ2n) is 11.5. The van der Waals surface area contributed by atoms with Crippen molar-refractivity contribution in [2.45, 2.75) is 58.5 Å². The lowest BCUT2D eigenvalue weighted by Gasteiger charge is -2.40. The molecule has 4 heterocycles. The molecule has 3 aliphatic heterocycles. The largest absolute Gasteiger partial charge is 0.507 e. The van der Waals surface area contributed by atoms with Gasteiger partial charge in [0.15, 0.2) is 5.75 Å². The number of benzene rings is 1. The lowest BCUT2D eigenvalue weighted by atomic mass is 10.0. The smallest absolute Gasteiger partial charge is 0.410 e. The highest BCUT2D eigenvalue weighted by atomic mass is 35.5. The summed E-state index contributed by atoms with van der Waals surface area (Å²) < 4.78 is 32.7. The highest BCUT2D eigenvalue weighted by Gasteiger charge is 2.42. The van der Waals surface area contributed by atoms with Crippen LogP contribution in [-0.4, -0.2) is 95.1 Å². The Morgan fingerprint density at radius 2 is 1.85 bits per heavy atom. The van der Waals surface area contributed by atoms with Gasteiger partial charge in [0, 0.05) is 32.7 Å². The molecule has 1 aromatic carbocycles. The van der Waals surface area contributed by atoms with Crippen molar-refractivity contribution in [3.8, 4) is 22.8 Å². The standard InChI is InChI=1S/C28H34ClFN4O6/c1-15-11-33(12-16(2)39-15)25-21-24(22(29)23(31-25)20-18(30)7-6-8-19(20)35)38-14-17-13-32(9-10-34(17)26(21)36)27(37)40-28(3,4)5/h6-8,15-17,35H,9-14H2,1-5H3/t15?,16?,17-/m1/s1. The number of morpholine rings is 1. The van der Waals surface area contributed by atoms with Crippen molar-refractivity contribution < 1.29 is 33.3 Å². The van der Waals surface area contributed by atoms with Crippen molar-refractivity contribution in [2.75, 3.05) is 44.2 Å². The molecular formula is C28H34ClFN4O6. The van der Waals surface area contributed by atoms with Crippen LogP contribution in [0.25, 0.3) is 11.3 Å². The van der Waals surface area contributed by atoms with Gasteiger partial charge in [-0.3, -0.25) is 4.79 Å². The van der Waals surface area contributed by atoms with E-state index in [9.17, 15) is 14.7 Å². The Hall–Kier alpha value is -3.31. The molecule has 5 rings (SSSR count). The maximum atomic E-state index is 15.0. The Morgan fingerprint density at radius 3 is 2.50 bits per heavy atom. The molecule has 2 fully saturated rings. The van der Waals surface area contributed by atoms with Gasteiger partial charge in [0.2, 0.25) is 0 Å². The molecule has 1 N–H and O–H groups in total. The number of carbonyl (C=O) groups is 2. The third-order valence-corrected chi connectivity index (χ3v) is 7.40. The number of pyridine rings is 1. The average molecular weight is 577 g/mol. The maximum absolute atomic E-state index is 15.0. The van der Waals surface area contributed by atoms with Crippen LogP contribution in [0.1, 0.15) is 45.0 Å². The van der Waals surface area contributed by atoms with E-state index in [1.807, 2.05) is 18.7 Å². The highest BCUT2D eigenvalue weighted by molar-refractivity contribution is 6.35. The average Bonchev–Trinajstić information content (AvgIpc) is 3.00. The molecule has 2 amide bonds. The number of hydrogen-bond acceptors (Lipinski definition) is 8. The van der Waals surface area contributed by atoms with Crippen LogP contribution in [0.3, 0.4) is 0 Å². The van der Waals surface area contributed by atoms with Gasteiger partial charge in [-0.25, -0.2) is 14.2 Å². The molecule has 3 aliphatic rings. The summed E-state index contributed by atoms with van der Waals surface area (Å²) >= 11 is 6.80. The summed E-state index contributed by atoms with van der Waals surface area (Å²) in [7, 11) is 0. The highest BCUT2D eigenvalue weighted by Crippen LogP contribution is 2.46. The summed E-state index contributed by atoms with van der Waals surface area (Å²) in [4.78, 5) is 36.8. The topological polar surface area (TPSA) is 105 Å². The van der Waals surface area contributed by atoms with E-state index in [2.05, 4.69) is 0 Å². The van der Waals surface area contributed by atoms with E-state index in [-0.39, 0.29) is 83.5 Å². The van der Waals surface area contributed by atoms with Crippen molar-refractivity contribution in [1.29, 1.82) is 0 Å². The van der Waals surface area contributed by atoms with Gasteiger partial charge in [0.25, 0.3) is 5.91 Å². The maximum Gasteiger partial charge on any atom is 0.410 e. The van der Waals surface area contributed by atoms with Crippen LogP contribution >= 0.6 is 11.6 Å². The molecule has 0 spiro atoms. The minimum absolute atomic E-state index is 0.0270. The fourth-order valence-electron chi connectivity index (χ4n) is 5.43. The van der Waals surface area contributed by atoms with Gasteiger partial charge in [-0.05, 0) is 46.8 Å². The minimum atomic E-state index is -0.714. The lowest BCUT2D eigenvalue weighted by Crippen LogP contribution is -2.58. The number of carbonyl (C=O) groups excluding carboxylic acids is 2. The van der Waals surface area contributed by atoms with Crippen molar-refractivity contribution in [3.63, 3.8) is 0 Å². The van der Waals surface area contributed by atoms with E-state index in [1.165, 1.54) is 18.2 Å². The van der Waals surface area contributed by atoms with Crippen molar-refractivity contribution >= 4 is 29.4 Å². The number of halogens is 2. The summed E-state index contributed by atoms with van der Waals surface area (Å²) in [6.07, 6.45) is -0.779. The van der Waals surface area contributed by atoms with Crippen molar-refractivity contribution in [2.24, 2.45) is 0 Å². The summed E-state index contributed by atoms with van der Waals surface area (Å²) in [6.45, 7) is 10.9. The number of ether oxygens (including phenoxy) is 3. The molecule has 2 unspecified atom stereocenters. The van der Waals surface area contributed by atoms with Gasteiger partial charge in [-0.2, -0.15) is 0 Å². The van der Waals surface area contributed by atoms with E-state index < -0.39 is 23.6 Å². The number of nitrogens with zero attached hydrogens (tertiary/aromatic N) is 4. The number of fused-ring (bicyclic) bond motifs is 2. The molecule has 0 aliphatic carbocycles. The van der Waals surface area contributed by atoms with Gasteiger partial charge in [-0.15, -0.1) is 0 Å². The van der Waals surface area contributed by atoms with Crippen LogP contribution in [-0.2, 0) is 9.47 Å². The van der Waals surface area contributed by atoms with E-state index in [0.717, 1.165) is 0 Å². The predicted octanol–water partition coefficient (Wildman–Crippen LogP) is 4.31. The molecule has 12 heteroatoms. The third kappa shape index (κ3) is 5.36. The number of phenols is 1. The van der Waals surface area contributed by atoms with Crippen LogP contribution in [0.15, 0.2) is 18.2 Å². The summed E-state index contributed by atoms with van der Waals surface area (Å²) in [6, 6.07) is 3.46. The SMILES string of the molecule is CC1CN(c2nc(-c3c(O)cccc3F)c(Cl)c3c2C(=O)N2CCN(C(=O)OC(C)(C)C)C[C@@H]2CO3)CC(C)O1. The number of aromatic hydroxyl groups is 1. The number of piperazine rings is 1. The van der Waals surface area contributed by atoms with Gasteiger partial charge >= 0.3 is 6.09 Å². The number of rotatable bonds is 2. The van der Waals surface area contributed by atoms with Crippen molar-refractivity contribution in [3.05, 3.63) is 34.6 Å². The zero-order chi connectivity index (χ0) is 28.9. The van der Waals surface area contributed by atoms with E-state index >= 15 is 4.39 Å². The quantitative estimate of drug-likeness (QED) is 0.564. The molecule has 2 aromatic rings. The second-order valence-corrected chi connectivity index (χ2v) is 11.9. The lowest BCUT2D eigenvalue weighted by molar-refractivity contribution is -0.00557. The molecule has 10 nitrogen and oxygen atoms in total. The van der Waals surface area contributed by atoms with Crippen LogP contribution in [0.2, 0.25) is 5.02 Å². The monoisotopic (exact) mass is 576 g/mol. The Morgan fingerprint density at radius 1 is 1.15 bits per heavy atom. The van der Waals surface area contributed by atoms with Crippen LogP contribution in [0, 0.1) is 5.82 Å². The Kier molecular flexibility index (Phi) is 7.47. The number of phenolic OH excluding ortho intramolecular Hbond substituents is 1. The van der Waals surface area contributed by atoms with Gasteiger partial charge in [0.05, 0.1) is 23.8 Å². The Labute approximate surface area is 237 Å². The van der Waals surface area contributed by atoms with E-state index in [1.54, 1.807) is 30.6 Å². The molecule has 0 radical (unpaired) electrons. The summed E-state index contributed by atoms with van der Waals surface area (Å²) in [5, 5.41) is 10.5.